The highest BCUT2D eigenvalue weighted by molar-refractivity contribution is 8.14. The Balaban J connectivity index is 1.73. The van der Waals surface area contributed by atoms with Gasteiger partial charge in [-0.1, -0.05) is 41.6 Å². The number of aliphatic carboxylic acids is 1. The maximum Gasteiger partial charge on any atom is 0.313 e. The molecular weight excluding hydrogens is 390 g/mol. The fourth-order valence-electron chi connectivity index (χ4n) is 3.21. The second kappa shape index (κ2) is 7.74. The molecule has 7 nitrogen and oxygen atoms in total. The molecule has 1 heterocycles. The van der Waals surface area contributed by atoms with Crippen LogP contribution in [0, 0.1) is 10.1 Å². The standard InChI is InChI=1S/C18H18ClN3O4S/c1-18-9-12(7-6-11-4-2-3-5-14(11)22(25)26)13(19)8-15(18)20-17(21-18)27-10-16(23)24/h2-5,8H,6-7,9-10H2,1H3,(H,20,21)(H,23,24). The van der Waals surface area contributed by atoms with Gasteiger partial charge >= 0.3 is 5.97 Å². The number of carboxylic acids is 1. The molecule has 1 aliphatic heterocycles. The van der Waals surface area contributed by atoms with Crippen molar-refractivity contribution in [1.29, 1.82) is 0 Å². The van der Waals surface area contributed by atoms with Crippen molar-refractivity contribution >= 4 is 40.2 Å². The van der Waals surface area contributed by atoms with Crippen molar-refractivity contribution in [3.8, 4) is 0 Å². The molecule has 1 unspecified atom stereocenters. The van der Waals surface area contributed by atoms with E-state index in [1.54, 1.807) is 18.2 Å². The Morgan fingerprint density at radius 1 is 1.44 bits per heavy atom. The summed E-state index contributed by atoms with van der Waals surface area (Å²) < 4.78 is 0. The number of amidine groups is 1. The third-order valence-electron chi connectivity index (χ3n) is 4.55. The summed E-state index contributed by atoms with van der Waals surface area (Å²) in [6.07, 6.45) is 3.51. The minimum absolute atomic E-state index is 0.0686. The summed E-state index contributed by atoms with van der Waals surface area (Å²) >= 11 is 7.57. The second-order valence-electron chi connectivity index (χ2n) is 6.57. The summed E-state index contributed by atoms with van der Waals surface area (Å²) in [4.78, 5) is 26.2. The van der Waals surface area contributed by atoms with Crippen molar-refractivity contribution in [1.82, 2.24) is 5.32 Å². The smallest absolute Gasteiger partial charge is 0.313 e. The van der Waals surface area contributed by atoms with E-state index in [1.165, 1.54) is 6.07 Å². The van der Waals surface area contributed by atoms with Gasteiger partial charge in [0, 0.05) is 28.8 Å². The number of carboxylic acid groups (broad SMARTS) is 1. The van der Waals surface area contributed by atoms with Gasteiger partial charge in [0.2, 0.25) is 0 Å². The molecule has 2 N–H and O–H groups in total. The summed E-state index contributed by atoms with van der Waals surface area (Å²) in [5.41, 5.74) is 2.09. The van der Waals surface area contributed by atoms with Crippen LogP contribution in [0.3, 0.4) is 0 Å². The van der Waals surface area contributed by atoms with Crippen molar-refractivity contribution in [3.63, 3.8) is 0 Å². The molecule has 0 aromatic heterocycles. The topological polar surface area (TPSA) is 105 Å². The molecule has 27 heavy (non-hydrogen) atoms. The van der Waals surface area contributed by atoms with E-state index in [-0.39, 0.29) is 16.4 Å². The molecule has 1 aliphatic carbocycles. The lowest BCUT2D eigenvalue weighted by molar-refractivity contribution is -0.385. The molecule has 1 aromatic rings. The Hall–Kier alpha value is -2.32. The molecule has 2 aliphatic rings. The zero-order valence-corrected chi connectivity index (χ0v) is 16.1. The summed E-state index contributed by atoms with van der Waals surface area (Å²) in [6.45, 7) is 1.97. The van der Waals surface area contributed by atoms with Crippen LogP contribution in [0.15, 0.2) is 51.6 Å². The number of fused-ring (bicyclic) bond motifs is 1. The first-order valence-corrected chi connectivity index (χ1v) is 9.68. The Kier molecular flexibility index (Phi) is 5.57. The monoisotopic (exact) mass is 407 g/mol. The highest BCUT2D eigenvalue weighted by Gasteiger charge is 2.39. The lowest BCUT2D eigenvalue weighted by atomic mass is 9.84. The first kappa shape index (κ1) is 19.4. The number of para-hydroxylation sites is 1. The van der Waals surface area contributed by atoms with E-state index in [2.05, 4.69) is 10.3 Å². The molecule has 1 atom stereocenters. The Morgan fingerprint density at radius 2 is 2.19 bits per heavy atom. The van der Waals surface area contributed by atoms with Gasteiger partial charge in [-0.05, 0) is 31.4 Å². The van der Waals surface area contributed by atoms with Gasteiger partial charge < -0.3 is 10.4 Å². The first-order chi connectivity index (χ1) is 12.8. The van der Waals surface area contributed by atoms with E-state index in [9.17, 15) is 14.9 Å². The van der Waals surface area contributed by atoms with Gasteiger partial charge in [0.05, 0.1) is 10.7 Å². The van der Waals surface area contributed by atoms with Crippen LogP contribution >= 0.6 is 23.4 Å². The van der Waals surface area contributed by atoms with Crippen molar-refractivity contribution in [3.05, 3.63) is 62.3 Å². The number of nitrogens with one attached hydrogen (secondary N) is 1. The molecule has 0 bridgehead atoms. The average molecular weight is 408 g/mol. The van der Waals surface area contributed by atoms with Gasteiger partial charge in [0.25, 0.3) is 5.69 Å². The van der Waals surface area contributed by atoms with Crippen LogP contribution in [0.5, 0.6) is 0 Å². The number of aryl methyl sites for hydroxylation is 1. The molecule has 0 spiro atoms. The van der Waals surface area contributed by atoms with Gasteiger partial charge in [-0.25, -0.2) is 4.99 Å². The number of nitrogens with zero attached hydrogens (tertiary/aromatic N) is 2. The summed E-state index contributed by atoms with van der Waals surface area (Å²) in [5.74, 6) is -0.972. The SMILES string of the molecule is CC12CC(CCc3ccccc3[N+](=O)[O-])=C(Cl)C=C1NC(SCC(=O)O)=N2. The van der Waals surface area contributed by atoms with Crippen LogP contribution in [0.1, 0.15) is 25.3 Å². The van der Waals surface area contributed by atoms with E-state index in [1.807, 2.05) is 13.0 Å². The van der Waals surface area contributed by atoms with E-state index in [4.69, 9.17) is 16.7 Å². The molecule has 3 rings (SSSR count). The number of aliphatic imine (C=N–C) groups is 1. The molecule has 1 aromatic carbocycles. The maximum absolute atomic E-state index is 11.2. The third-order valence-corrected chi connectivity index (χ3v) is 5.79. The number of carbonyl (C=O) groups is 1. The number of nitro benzene ring substituents is 1. The number of hydrogen-bond donors (Lipinski definition) is 2. The third kappa shape index (κ3) is 4.33. The number of allylic oxidation sites excluding steroid dienone is 2. The van der Waals surface area contributed by atoms with E-state index in [0.29, 0.717) is 35.0 Å². The van der Waals surface area contributed by atoms with Gasteiger partial charge in [-0.2, -0.15) is 0 Å². The Labute approximate surface area is 165 Å². The summed E-state index contributed by atoms with van der Waals surface area (Å²) in [5, 5.41) is 24.3. The number of thioether (sulfide) groups is 1. The van der Waals surface area contributed by atoms with Gasteiger partial charge in [-0.15, -0.1) is 0 Å². The maximum atomic E-state index is 11.2. The minimum atomic E-state index is -0.903. The second-order valence-corrected chi connectivity index (χ2v) is 7.94. The van der Waals surface area contributed by atoms with Crippen LogP contribution in [-0.4, -0.2) is 32.5 Å². The molecule has 142 valence electrons. The fraction of sp³-hybridized carbons (Fsp3) is 0.333. The van der Waals surface area contributed by atoms with Gasteiger partial charge in [-0.3, -0.25) is 14.9 Å². The van der Waals surface area contributed by atoms with Gasteiger partial charge in [0.1, 0.15) is 5.54 Å². The molecule has 9 heteroatoms. The van der Waals surface area contributed by atoms with Crippen LogP contribution in [-0.2, 0) is 11.2 Å². The van der Waals surface area contributed by atoms with E-state index in [0.717, 1.165) is 23.0 Å². The van der Waals surface area contributed by atoms with E-state index < -0.39 is 11.5 Å². The quantitative estimate of drug-likeness (QED) is 0.548. The number of benzene rings is 1. The average Bonchev–Trinajstić information content (AvgIpc) is 2.93. The summed E-state index contributed by atoms with van der Waals surface area (Å²) in [6, 6.07) is 6.70. The molecule has 0 fully saturated rings. The first-order valence-electron chi connectivity index (χ1n) is 8.32. The fourth-order valence-corrected chi connectivity index (χ4v) is 4.19. The minimum Gasteiger partial charge on any atom is -0.481 e. The highest BCUT2D eigenvalue weighted by Crippen LogP contribution is 2.41. The molecule has 0 saturated carbocycles. The zero-order chi connectivity index (χ0) is 19.6. The van der Waals surface area contributed by atoms with E-state index >= 15 is 0 Å². The van der Waals surface area contributed by atoms with Crippen LogP contribution < -0.4 is 5.32 Å². The van der Waals surface area contributed by atoms with Crippen molar-refractivity contribution in [2.45, 2.75) is 31.7 Å². The summed E-state index contributed by atoms with van der Waals surface area (Å²) in [7, 11) is 0. The molecule has 0 radical (unpaired) electrons. The van der Waals surface area contributed by atoms with Crippen molar-refractivity contribution < 1.29 is 14.8 Å². The predicted molar refractivity (Wildman–Crippen MR) is 106 cm³/mol. The van der Waals surface area contributed by atoms with Crippen LogP contribution in [0.2, 0.25) is 0 Å². The molecule has 0 amide bonds. The number of rotatable bonds is 6. The van der Waals surface area contributed by atoms with Crippen LogP contribution in [0.4, 0.5) is 5.69 Å². The largest absolute Gasteiger partial charge is 0.481 e. The Morgan fingerprint density at radius 3 is 2.89 bits per heavy atom. The number of halogens is 1. The number of hydrogen-bond acceptors (Lipinski definition) is 6. The normalized spacial score (nSPS) is 21.3. The predicted octanol–water partition coefficient (Wildman–Crippen LogP) is 3.84. The lowest BCUT2D eigenvalue weighted by Gasteiger charge is -2.28. The highest BCUT2D eigenvalue weighted by atomic mass is 35.5. The lowest BCUT2D eigenvalue weighted by Crippen LogP contribution is -2.30. The Bertz CT molecular complexity index is 896. The molecule has 0 saturated heterocycles. The van der Waals surface area contributed by atoms with Gasteiger partial charge in [0.15, 0.2) is 5.17 Å². The van der Waals surface area contributed by atoms with Crippen molar-refractivity contribution in [2.75, 3.05) is 5.75 Å². The molecular formula is C18H18ClN3O4S. The zero-order valence-electron chi connectivity index (χ0n) is 14.6. The van der Waals surface area contributed by atoms with Crippen LogP contribution in [0.25, 0.3) is 0 Å². The number of nitro groups is 1. The van der Waals surface area contributed by atoms with Crippen molar-refractivity contribution in [2.24, 2.45) is 4.99 Å².